The highest BCUT2D eigenvalue weighted by Gasteiger charge is 2.19. The fraction of sp³-hybridized carbons (Fsp3) is 0.375. The summed E-state index contributed by atoms with van der Waals surface area (Å²) in [7, 11) is 3.33. The number of benzene rings is 1. The van der Waals surface area contributed by atoms with Crippen molar-refractivity contribution in [2.75, 3.05) is 13.7 Å². The summed E-state index contributed by atoms with van der Waals surface area (Å²) in [5, 5.41) is 4.47. The molecule has 0 spiro atoms. The van der Waals surface area contributed by atoms with E-state index in [1.54, 1.807) is 25.7 Å². The summed E-state index contributed by atoms with van der Waals surface area (Å²) >= 11 is 6.05. The van der Waals surface area contributed by atoms with Gasteiger partial charge in [-0.2, -0.15) is 13.9 Å². The number of carbonyl (C=O) groups excluding carboxylic acids is 1. The number of aryl methyl sites for hydroxylation is 1. The molecule has 0 fully saturated rings. The number of hydrogen-bond donors (Lipinski definition) is 0. The second kappa shape index (κ2) is 8.15. The molecule has 1 heterocycles. The van der Waals surface area contributed by atoms with Gasteiger partial charge in [0.05, 0.1) is 30.1 Å². The van der Waals surface area contributed by atoms with Gasteiger partial charge in [-0.05, 0) is 25.1 Å². The molecule has 25 heavy (non-hydrogen) atoms. The standard InChI is InChI=1S/C16H18ClF2N3O3/c1-4-24-14-7-10(5-6-13(14)25-16(18)19)15(23)21(2)9-12-11(17)8-20-22(12)3/h5-8,16H,4,9H2,1-3H3. The molecule has 1 aromatic heterocycles. The fourth-order valence-electron chi connectivity index (χ4n) is 2.23. The van der Waals surface area contributed by atoms with Crippen LogP contribution >= 0.6 is 11.6 Å². The largest absolute Gasteiger partial charge is 0.490 e. The van der Waals surface area contributed by atoms with Gasteiger partial charge in [0.1, 0.15) is 0 Å². The van der Waals surface area contributed by atoms with Gasteiger partial charge in [-0.25, -0.2) is 0 Å². The van der Waals surface area contributed by atoms with Crippen molar-refractivity contribution in [1.29, 1.82) is 0 Å². The Bertz CT molecular complexity index is 733. The van der Waals surface area contributed by atoms with Crippen molar-refractivity contribution in [2.45, 2.75) is 20.1 Å². The van der Waals surface area contributed by atoms with Crippen LogP contribution in [0.1, 0.15) is 23.0 Å². The van der Waals surface area contributed by atoms with Crippen molar-refractivity contribution in [2.24, 2.45) is 7.05 Å². The first-order valence-electron chi connectivity index (χ1n) is 7.47. The molecule has 2 aromatic rings. The molecule has 0 aliphatic heterocycles. The molecule has 1 aromatic carbocycles. The summed E-state index contributed by atoms with van der Waals surface area (Å²) < 4.78 is 36.2. The SMILES string of the molecule is CCOc1cc(C(=O)N(C)Cc2c(Cl)cnn2C)ccc1OC(F)F. The van der Waals surface area contributed by atoms with Crippen LogP contribution in [-0.2, 0) is 13.6 Å². The molecule has 0 saturated heterocycles. The minimum absolute atomic E-state index is 0.0839. The molecule has 136 valence electrons. The first kappa shape index (κ1) is 19.0. The van der Waals surface area contributed by atoms with E-state index < -0.39 is 6.61 Å². The summed E-state index contributed by atoms with van der Waals surface area (Å²) in [6.07, 6.45) is 1.50. The van der Waals surface area contributed by atoms with E-state index in [2.05, 4.69) is 9.84 Å². The third-order valence-electron chi connectivity index (χ3n) is 3.45. The Labute approximate surface area is 148 Å². The van der Waals surface area contributed by atoms with Gasteiger partial charge in [0.25, 0.3) is 5.91 Å². The molecule has 2 rings (SSSR count). The lowest BCUT2D eigenvalue weighted by Gasteiger charge is -2.19. The molecule has 0 N–H and O–H groups in total. The number of hydrogen-bond acceptors (Lipinski definition) is 4. The number of alkyl halides is 2. The van der Waals surface area contributed by atoms with E-state index >= 15 is 0 Å². The highest BCUT2D eigenvalue weighted by molar-refractivity contribution is 6.31. The molecule has 9 heteroatoms. The third-order valence-corrected chi connectivity index (χ3v) is 3.77. The van der Waals surface area contributed by atoms with Gasteiger partial charge in [-0.3, -0.25) is 9.48 Å². The van der Waals surface area contributed by atoms with Crippen molar-refractivity contribution in [3.05, 3.63) is 40.7 Å². The monoisotopic (exact) mass is 373 g/mol. The average molecular weight is 374 g/mol. The van der Waals surface area contributed by atoms with Gasteiger partial charge >= 0.3 is 6.61 Å². The van der Waals surface area contributed by atoms with Crippen LogP contribution in [0, 0.1) is 0 Å². The zero-order valence-electron chi connectivity index (χ0n) is 14.0. The lowest BCUT2D eigenvalue weighted by Crippen LogP contribution is -2.27. The Morgan fingerprint density at radius 3 is 2.68 bits per heavy atom. The molecule has 1 amide bonds. The molecule has 0 unspecified atom stereocenters. The van der Waals surface area contributed by atoms with Crippen LogP contribution in [0.15, 0.2) is 24.4 Å². The second-order valence-electron chi connectivity index (χ2n) is 5.20. The molecule has 0 bridgehead atoms. The first-order valence-corrected chi connectivity index (χ1v) is 7.84. The van der Waals surface area contributed by atoms with Gasteiger partial charge in [-0.1, -0.05) is 11.6 Å². The zero-order chi connectivity index (χ0) is 18.6. The summed E-state index contributed by atoms with van der Waals surface area (Å²) in [6, 6.07) is 4.07. The van der Waals surface area contributed by atoms with Crippen molar-refractivity contribution in [3.8, 4) is 11.5 Å². The predicted molar refractivity (Wildman–Crippen MR) is 88.3 cm³/mol. The van der Waals surface area contributed by atoms with Crippen LogP contribution in [0.3, 0.4) is 0 Å². The Hall–Kier alpha value is -2.35. The van der Waals surface area contributed by atoms with E-state index in [-0.39, 0.29) is 36.1 Å². The molecular weight excluding hydrogens is 356 g/mol. The highest BCUT2D eigenvalue weighted by atomic mass is 35.5. The zero-order valence-corrected chi connectivity index (χ0v) is 14.8. The van der Waals surface area contributed by atoms with E-state index in [1.807, 2.05) is 0 Å². The lowest BCUT2D eigenvalue weighted by atomic mass is 10.1. The molecule has 0 saturated carbocycles. The van der Waals surface area contributed by atoms with Crippen LogP contribution in [-0.4, -0.2) is 40.9 Å². The topological polar surface area (TPSA) is 56.6 Å². The molecule has 6 nitrogen and oxygen atoms in total. The van der Waals surface area contributed by atoms with E-state index in [0.29, 0.717) is 10.7 Å². The highest BCUT2D eigenvalue weighted by Crippen LogP contribution is 2.30. The van der Waals surface area contributed by atoms with Crippen molar-refractivity contribution >= 4 is 17.5 Å². The van der Waals surface area contributed by atoms with Gasteiger partial charge in [-0.15, -0.1) is 0 Å². The average Bonchev–Trinajstić information content (AvgIpc) is 2.87. The van der Waals surface area contributed by atoms with Crippen LogP contribution in [0.5, 0.6) is 11.5 Å². The Balaban J connectivity index is 2.21. The van der Waals surface area contributed by atoms with Gasteiger partial charge < -0.3 is 14.4 Å². The quantitative estimate of drug-likeness (QED) is 0.747. The van der Waals surface area contributed by atoms with Crippen LogP contribution < -0.4 is 9.47 Å². The normalized spacial score (nSPS) is 10.8. The lowest BCUT2D eigenvalue weighted by molar-refractivity contribution is -0.0514. The number of halogens is 3. The number of carbonyl (C=O) groups is 1. The van der Waals surface area contributed by atoms with E-state index in [9.17, 15) is 13.6 Å². The maximum absolute atomic E-state index is 12.6. The number of aromatic nitrogens is 2. The number of rotatable bonds is 7. The number of ether oxygens (including phenoxy) is 2. The fourth-order valence-corrected chi connectivity index (χ4v) is 2.46. The summed E-state index contributed by atoms with van der Waals surface area (Å²) in [4.78, 5) is 14.0. The summed E-state index contributed by atoms with van der Waals surface area (Å²) in [5.74, 6) is -0.354. The van der Waals surface area contributed by atoms with Gasteiger partial charge in [0.2, 0.25) is 0 Å². The molecule has 0 aliphatic carbocycles. The van der Waals surface area contributed by atoms with Gasteiger partial charge in [0, 0.05) is 19.7 Å². The van der Waals surface area contributed by atoms with Crippen molar-refractivity contribution < 1.29 is 23.0 Å². The van der Waals surface area contributed by atoms with E-state index in [0.717, 1.165) is 0 Å². The van der Waals surface area contributed by atoms with Crippen LogP contribution in [0.25, 0.3) is 0 Å². The Kier molecular flexibility index (Phi) is 6.19. The minimum atomic E-state index is -2.98. The second-order valence-corrected chi connectivity index (χ2v) is 5.60. The van der Waals surface area contributed by atoms with E-state index in [4.69, 9.17) is 16.3 Å². The minimum Gasteiger partial charge on any atom is -0.490 e. The summed E-state index contributed by atoms with van der Waals surface area (Å²) in [6.45, 7) is -0.780. The Morgan fingerprint density at radius 2 is 2.12 bits per heavy atom. The first-order chi connectivity index (χ1) is 11.8. The smallest absolute Gasteiger partial charge is 0.387 e. The molecular formula is C16H18ClF2N3O3. The van der Waals surface area contributed by atoms with Gasteiger partial charge in [0.15, 0.2) is 11.5 Å². The molecule has 0 radical (unpaired) electrons. The van der Waals surface area contributed by atoms with Crippen LogP contribution in [0.2, 0.25) is 5.02 Å². The van der Waals surface area contributed by atoms with E-state index in [1.165, 1.54) is 29.3 Å². The van der Waals surface area contributed by atoms with Crippen molar-refractivity contribution in [3.63, 3.8) is 0 Å². The van der Waals surface area contributed by atoms with Crippen molar-refractivity contribution in [1.82, 2.24) is 14.7 Å². The maximum atomic E-state index is 12.6. The maximum Gasteiger partial charge on any atom is 0.387 e. The number of amides is 1. The number of nitrogens with zero attached hydrogens (tertiary/aromatic N) is 3. The predicted octanol–water partition coefficient (Wildman–Crippen LogP) is 3.35. The Morgan fingerprint density at radius 1 is 1.40 bits per heavy atom. The molecule has 0 atom stereocenters. The molecule has 0 aliphatic rings. The summed E-state index contributed by atoms with van der Waals surface area (Å²) in [5.41, 5.74) is 0.964. The third kappa shape index (κ3) is 4.60. The van der Waals surface area contributed by atoms with Crippen LogP contribution in [0.4, 0.5) is 8.78 Å².